The summed E-state index contributed by atoms with van der Waals surface area (Å²) >= 11 is 13.0. The first-order valence-electron chi connectivity index (χ1n) is 6.93. The van der Waals surface area contributed by atoms with Crippen LogP contribution in [0.3, 0.4) is 0 Å². The first kappa shape index (κ1) is 18.8. The van der Waals surface area contributed by atoms with Gasteiger partial charge in [-0.15, -0.1) is 0 Å². The highest BCUT2D eigenvalue weighted by molar-refractivity contribution is 9.12. The zero-order valence-electron chi connectivity index (χ0n) is 12.2. The molecule has 23 heavy (non-hydrogen) atoms. The van der Waals surface area contributed by atoms with Crippen molar-refractivity contribution in [2.75, 3.05) is 16.2 Å². The van der Waals surface area contributed by atoms with Crippen molar-refractivity contribution >= 4 is 59.2 Å². The van der Waals surface area contributed by atoms with Crippen molar-refractivity contribution in [2.45, 2.75) is 10.6 Å². The Bertz CT molecular complexity index is 741. The molecule has 0 aliphatic rings. The van der Waals surface area contributed by atoms with E-state index in [1.54, 1.807) is 36.4 Å². The molecule has 7 heteroatoms. The molecular formula is C16H16Br2ClNO2S. The van der Waals surface area contributed by atoms with Gasteiger partial charge in [-0.05, 0) is 23.8 Å². The SMILES string of the molecule is O=S(=O)(Cc1ccccc1Cl)N(CC(Br)CBr)c1ccccc1. The molecule has 0 saturated carbocycles. The topological polar surface area (TPSA) is 37.4 Å². The first-order chi connectivity index (χ1) is 10.9. The third kappa shape index (κ3) is 5.21. The molecule has 2 aromatic rings. The molecule has 0 spiro atoms. The maximum absolute atomic E-state index is 12.9. The molecule has 0 N–H and O–H groups in total. The number of sulfonamides is 1. The number of hydrogen-bond donors (Lipinski definition) is 0. The van der Waals surface area contributed by atoms with Crippen LogP contribution in [0.5, 0.6) is 0 Å². The van der Waals surface area contributed by atoms with Gasteiger partial charge in [0.05, 0.1) is 11.4 Å². The molecule has 0 radical (unpaired) electrons. The second kappa shape index (κ2) is 8.51. The van der Waals surface area contributed by atoms with E-state index >= 15 is 0 Å². The van der Waals surface area contributed by atoms with E-state index in [1.165, 1.54) is 4.31 Å². The van der Waals surface area contributed by atoms with Crippen molar-refractivity contribution in [1.82, 2.24) is 0 Å². The largest absolute Gasteiger partial charge is 0.269 e. The highest BCUT2D eigenvalue weighted by Crippen LogP contribution is 2.25. The molecule has 0 aromatic heterocycles. The third-order valence-electron chi connectivity index (χ3n) is 3.21. The van der Waals surface area contributed by atoms with Crippen molar-refractivity contribution in [3.63, 3.8) is 0 Å². The van der Waals surface area contributed by atoms with E-state index in [2.05, 4.69) is 31.9 Å². The highest BCUT2D eigenvalue weighted by atomic mass is 79.9. The van der Waals surface area contributed by atoms with Crippen molar-refractivity contribution in [1.29, 1.82) is 0 Å². The summed E-state index contributed by atoms with van der Waals surface area (Å²) in [7, 11) is -3.56. The molecule has 0 heterocycles. The molecule has 2 rings (SSSR count). The number of para-hydroxylation sites is 1. The van der Waals surface area contributed by atoms with Crippen molar-refractivity contribution in [2.24, 2.45) is 0 Å². The number of hydrogen-bond acceptors (Lipinski definition) is 2. The van der Waals surface area contributed by atoms with E-state index in [4.69, 9.17) is 11.6 Å². The van der Waals surface area contributed by atoms with Gasteiger partial charge in [-0.25, -0.2) is 8.42 Å². The minimum absolute atomic E-state index is 0.00345. The smallest absolute Gasteiger partial charge is 0.239 e. The molecule has 0 saturated heterocycles. The fraction of sp³-hybridized carbons (Fsp3) is 0.250. The lowest BCUT2D eigenvalue weighted by molar-refractivity contribution is 0.590. The zero-order valence-corrected chi connectivity index (χ0v) is 16.9. The van der Waals surface area contributed by atoms with Gasteiger partial charge in [-0.3, -0.25) is 4.31 Å². The molecule has 0 aliphatic heterocycles. The summed E-state index contributed by atoms with van der Waals surface area (Å²) in [5.74, 6) is -0.135. The Labute approximate surface area is 159 Å². The van der Waals surface area contributed by atoms with Gasteiger partial charge in [0.25, 0.3) is 0 Å². The summed E-state index contributed by atoms with van der Waals surface area (Å²) in [4.78, 5) is 0.00345. The molecule has 0 bridgehead atoms. The molecule has 124 valence electrons. The van der Waals surface area contributed by atoms with Gasteiger partial charge in [0.15, 0.2) is 0 Å². The van der Waals surface area contributed by atoms with E-state index in [0.717, 1.165) is 0 Å². The first-order valence-corrected chi connectivity index (χ1v) is 11.0. The van der Waals surface area contributed by atoms with Crippen LogP contribution in [-0.2, 0) is 15.8 Å². The van der Waals surface area contributed by atoms with Gasteiger partial charge in [-0.1, -0.05) is 79.9 Å². The van der Waals surface area contributed by atoms with Crippen molar-refractivity contribution < 1.29 is 8.42 Å². The highest BCUT2D eigenvalue weighted by Gasteiger charge is 2.25. The Morgan fingerprint density at radius 1 is 1.04 bits per heavy atom. The van der Waals surface area contributed by atoms with Crippen molar-refractivity contribution in [3.8, 4) is 0 Å². The van der Waals surface area contributed by atoms with Crippen LogP contribution in [0.2, 0.25) is 5.02 Å². The number of nitrogens with zero attached hydrogens (tertiary/aromatic N) is 1. The summed E-state index contributed by atoms with van der Waals surface area (Å²) in [6, 6.07) is 16.1. The van der Waals surface area contributed by atoms with Crippen LogP contribution in [-0.4, -0.2) is 25.1 Å². The standard InChI is InChI=1S/C16H16Br2ClNO2S/c17-10-14(18)11-20(15-7-2-1-3-8-15)23(21,22)12-13-6-4-5-9-16(13)19/h1-9,14H,10-12H2. The van der Waals surface area contributed by atoms with Gasteiger partial charge in [0.1, 0.15) is 0 Å². The minimum Gasteiger partial charge on any atom is -0.269 e. The Hall–Kier alpha value is -0.560. The van der Waals surface area contributed by atoms with Gasteiger partial charge in [0, 0.05) is 21.7 Å². The lowest BCUT2D eigenvalue weighted by Crippen LogP contribution is -2.37. The Kier molecular flexibility index (Phi) is 6.95. The maximum Gasteiger partial charge on any atom is 0.239 e. The van der Waals surface area contributed by atoms with Crippen LogP contribution in [0, 0.1) is 0 Å². The zero-order chi connectivity index (χ0) is 16.9. The van der Waals surface area contributed by atoms with Crippen LogP contribution in [0.1, 0.15) is 5.56 Å². The van der Waals surface area contributed by atoms with E-state index in [-0.39, 0.29) is 10.6 Å². The van der Waals surface area contributed by atoms with Crippen LogP contribution < -0.4 is 4.31 Å². The normalized spacial score (nSPS) is 12.8. The second-order valence-electron chi connectivity index (χ2n) is 4.97. The molecule has 3 nitrogen and oxygen atoms in total. The Balaban J connectivity index is 2.35. The average Bonchev–Trinajstić information content (AvgIpc) is 2.55. The number of alkyl halides is 2. The van der Waals surface area contributed by atoms with Crippen LogP contribution in [0.25, 0.3) is 0 Å². The number of benzene rings is 2. The quantitative estimate of drug-likeness (QED) is 0.531. The van der Waals surface area contributed by atoms with Crippen LogP contribution in [0.15, 0.2) is 54.6 Å². The average molecular weight is 482 g/mol. The third-order valence-corrected chi connectivity index (χ3v) is 7.55. The predicted molar refractivity (Wildman–Crippen MR) is 104 cm³/mol. The van der Waals surface area contributed by atoms with E-state index in [9.17, 15) is 8.42 Å². The molecule has 1 unspecified atom stereocenters. The van der Waals surface area contributed by atoms with E-state index in [0.29, 0.717) is 28.1 Å². The molecule has 1 atom stereocenters. The van der Waals surface area contributed by atoms with Crippen molar-refractivity contribution in [3.05, 3.63) is 65.2 Å². The van der Waals surface area contributed by atoms with Crippen LogP contribution in [0.4, 0.5) is 5.69 Å². The summed E-state index contributed by atoms with van der Waals surface area (Å²) in [6.45, 7) is 0.335. The summed E-state index contributed by atoms with van der Waals surface area (Å²) < 4.78 is 27.3. The second-order valence-corrected chi connectivity index (χ2v) is 9.21. The number of halogens is 3. The number of anilines is 1. The summed E-state index contributed by atoms with van der Waals surface area (Å²) in [6.07, 6.45) is 0. The van der Waals surface area contributed by atoms with Gasteiger partial charge < -0.3 is 0 Å². The molecule has 0 fully saturated rings. The van der Waals surface area contributed by atoms with Gasteiger partial charge in [0.2, 0.25) is 10.0 Å². The fourth-order valence-corrected chi connectivity index (χ4v) is 4.71. The fourth-order valence-electron chi connectivity index (χ4n) is 2.09. The minimum atomic E-state index is -3.56. The lowest BCUT2D eigenvalue weighted by atomic mass is 10.2. The summed E-state index contributed by atoms with van der Waals surface area (Å²) in [5, 5.41) is 1.11. The molecule has 0 aliphatic carbocycles. The molecule has 2 aromatic carbocycles. The predicted octanol–water partition coefficient (Wildman–Crippen LogP) is 4.83. The number of rotatable bonds is 7. The van der Waals surface area contributed by atoms with Crippen LogP contribution >= 0.6 is 43.5 Å². The Morgan fingerprint density at radius 2 is 1.65 bits per heavy atom. The maximum atomic E-state index is 12.9. The van der Waals surface area contributed by atoms with E-state index < -0.39 is 10.0 Å². The van der Waals surface area contributed by atoms with E-state index in [1.807, 2.05) is 18.2 Å². The Morgan fingerprint density at radius 3 is 2.26 bits per heavy atom. The lowest BCUT2D eigenvalue weighted by Gasteiger charge is -2.26. The monoisotopic (exact) mass is 479 g/mol. The van der Waals surface area contributed by atoms with Gasteiger partial charge in [-0.2, -0.15) is 0 Å². The summed E-state index contributed by atoms with van der Waals surface area (Å²) in [5.41, 5.74) is 1.24. The van der Waals surface area contributed by atoms with Gasteiger partial charge >= 0.3 is 0 Å². The molecule has 0 amide bonds. The molecular weight excluding hydrogens is 466 g/mol.